The molecule has 0 aliphatic carbocycles. The monoisotopic (exact) mass is 255 g/mol. The molecule has 0 aromatic carbocycles. The maximum absolute atomic E-state index is 10.9. The number of hydrogen-bond donors (Lipinski definition) is 2. The van der Waals surface area contributed by atoms with E-state index >= 15 is 0 Å². The molecule has 2 rings (SSSR count). The van der Waals surface area contributed by atoms with Crippen LogP contribution in [0.2, 0.25) is 0 Å². The van der Waals surface area contributed by atoms with E-state index in [1.54, 1.807) is 6.92 Å². The van der Waals surface area contributed by atoms with Crippen LogP contribution in [0.4, 0.5) is 5.13 Å². The summed E-state index contributed by atoms with van der Waals surface area (Å²) >= 11 is 1.21. The number of likely N-dealkylation sites (tertiary alicyclic amines) is 1. The van der Waals surface area contributed by atoms with E-state index in [1.807, 2.05) is 0 Å². The summed E-state index contributed by atoms with van der Waals surface area (Å²) in [4.78, 5) is 17.8. The molecular formula is C11H17N3O2S. The summed E-state index contributed by atoms with van der Waals surface area (Å²) < 4.78 is 0. The maximum atomic E-state index is 10.9. The molecule has 0 spiro atoms. The molecule has 94 valence electrons. The molecule has 6 heteroatoms. The molecule has 5 nitrogen and oxygen atoms in total. The first-order valence-corrected chi connectivity index (χ1v) is 6.65. The van der Waals surface area contributed by atoms with E-state index in [0.29, 0.717) is 15.7 Å². The topological polar surface area (TPSA) is 65.5 Å². The second kappa shape index (κ2) is 5.46. The molecule has 0 amide bonds. The zero-order valence-corrected chi connectivity index (χ0v) is 10.7. The van der Waals surface area contributed by atoms with Crippen LogP contribution >= 0.6 is 11.3 Å². The van der Waals surface area contributed by atoms with E-state index < -0.39 is 5.97 Å². The minimum Gasteiger partial charge on any atom is -0.477 e. The first kappa shape index (κ1) is 12.3. The van der Waals surface area contributed by atoms with Gasteiger partial charge in [-0.05, 0) is 32.9 Å². The molecule has 1 saturated heterocycles. The van der Waals surface area contributed by atoms with Gasteiger partial charge in [0.1, 0.15) is 4.88 Å². The van der Waals surface area contributed by atoms with Gasteiger partial charge in [0.05, 0.1) is 5.69 Å². The van der Waals surface area contributed by atoms with Gasteiger partial charge in [-0.1, -0.05) is 11.3 Å². The number of hydrogen-bond acceptors (Lipinski definition) is 5. The number of thiazole rings is 1. The highest BCUT2D eigenvalue weighted by atomic mass is 32.1. The summed E-state index contributed by atoms with van der Waals surface area (Å²) in [5.74, 6) is -0.896. The van der Waals surface area contributed by atoms with Crippen molar-refractivity contribution in [3.63, 3.8) is 0 Å². The number of aryl methyl sites for hydroxylation is 1. The van der Waals surface area contributed by atoms with Gasteiger partial charge in [0, 0.05) is 13.1 Å². The highest BCUT2D eigenvalue weighted by Gasteiger charge is 2.14. The highest BCUT2D eigenvalue weighted by Crippen LogP contribution is 2.22. The lowest BCUT2D eigenvalue weighted by Crippen LogP contribution is -2.25. The van der Waals surface area contributed by atoms with Gasteiger partial charge in [-0.15, -0.1) is 0 Å². The predicted molar refractivity (Wildman–Crippen MR) is 68.0 cm³/mol. The molecule has 0 bridgehead atoms. The molecule has 1 aliphatic heterocycles. The largest absolute Gasteiger partial charge is 0.477 e. The molecule has 2 heterocycles. The Balaban J connectivity index is 1.82. The maximum Gasteiger partial charge on any atom is 0.347 e. The van der Waals surface area contributed by atoms with Crippen LogP contribution in [0.5, 0.6) is 0 Å². The molecule has 1 aromatic heterocycles. The van der Waals surface area contributed by atoms with Crippen molar-refractivity contribution in [3.05, 3.63) is 10.6 Å². The van der Waals surface area contributed by atoms with Crippen molar-refractivity contribution in [2.75, 3.05) is 31.5 Å². The zero-order valence-electron chi connectivity index (χ0n) is 9.90. The Kier molecular flexibility index (Phi) is 3.96. The predicted octanol–water partition coefficient (Wildman–Crippen LogP) is 1.66. The number of nitrogens with zero attached hydrogens (tertiary/aromatic N) is 2. The van der Waals surface area contributed by atoms with Crippen molar-refractivity contribution < 1.29 is 9.90 Å². The number of anilines is 1. The molecule has 1 aromatic rings. The fourth-order valence-corrected chi connectivity index (χ4v) is 2.83. The van der Waals surface area contributed by atoms with Crippen molar-refractivity contribution in [3.8, 4) is 0 Å². The molecule has 1 aliphatic rings. The third kappa shape index (κ3) is 3.17. The first-order chi connectivity index (χ1) is 8.16. The number of nitrogens with one attached hydrogen (secondary N) is 1. The fraction of sp³-hybridized carbons (Fsp3) is 0.636. The van der Waals surface area contributed by atoms with Gasteiger partial charge in [0.25, 0.3) is 0 Å². The Morgan fingerprint density at radius 2 is 2.24 bits per heavy atom. The number of carbonyl (C=O) groups is 1. The summed E-state index contributed by atoms with van der Waals surface area (Å²) in [7, 11) is 0. The van der Waals surface area contributed by atoms with Gasteiger partial charge in [-0.25, -0.2) is 9.78 Å². The van der Waals surface area contributed by atoms with Crippen molar-refractivity contribution in [2.45, 2.75) is 19.8 Å². The van der Waals surface area contributed by atoms with E-state index in [9.17, 15) is 4.79 Å². The normalized spacial score (nSPS) is 16.3. The van der Waals surface area contributed by atoms with E-state index in [2.05, 4.69) is 15.2 Å². The summed E-state index contributed by atoms with van der Waals surface area (Å²) in [5.41, 5.74) is 0.589. The van der Waals surface area contributed by atoms with Gasteiger partial charge >= 0.3 is 5.97 Å². The van der Waals surface area contributed by atoms with Crippen LogP contribution in [0.25, 0.3) is 0 Å². The molecule has 0 saturated carbocycles. The molecular weight excluding hydrogens is 238 g/mol. The quantitative estimate of drug-likeness (QED) is 0.837. The summed E-state index contributed by atoms with van der Waals surface area (Å²) in [5, 5.41) is 12.8. The van der Waals surface area contributed by atoms with Crippen molar-refractivity contribution >= 4 is 22.4 Å². The number of aromatic nitrogens is 1. The summed E-state index contributed by atoms with van der Waals surface area (Å²) in [6.45, 7) is 5.91. The Morgan fingerprint density at radius 3 is 2.82 bits per heavy atom. The van der Waals surface area contributed by atoms with Crippen molar-refractivity contribution in [2.24, 2.45) is 0 Å². The van der Waals surface area contributed by atoms with E-state index in [4.69, 9.17) is 5.11 Å². The summed E-state index contributed by atoms with van der Waals surface area (Å²) in [6.07, 6.45) is 2.58. The average molecular weight is 255 g/mol. The van der Waals surface area contributed by atoms with Gasteiger partial charge < -0.3 is 15.3 Å². The Labute approximate surface area is 104 Å². The molecule has 0 unspecified atom stereocenters. The standard InChI is InChI=1S/C11H17N3O2S/c1-8-9(10(15)16)17-11(13-8)12-4-7-14-5-2-3-6-14/h2-7H2,1H3,(H,12,13)(H,15,16). The smallest absolute Gasteiger partial charge is 0.347 e. The Hall–Kier alpha value is -1.14. The van der Waals surface area contributed by atoms with E-state index in [-0.39, 0.29) is 0 Å². The SMILES string of the molecule is Cc1nc(NCCN2CCCC2)sc1C(=O)O. The van der Waals surface area contributed by atoms with Crippen molar-refractivity contribution in [1.29, 1.82) is 0 Å². The van der Waals surface area contributed by atoms with Gasteiger partial charge in [-0.3, -0.25) is 0 Å². The van der Waals surface area contributed by atoms with Crippen LogP contribution in [-0.2, 0) is 0 Å². The lowest BCUT2D eigenvalue weighted by molar-refractivity contribution is 0.0701. The molecule has 1 fully saturated rings. The summed E-state index contributed by atoms with van der Waals surface area (Å²) in [6, 6.07) is 0. The van der Waals surface area contributed by atoms with Crippen LogP contribution in [0, 0.1) is 6.92 Å². The van der Waals surface area contributed by atoms with Crippen LogP contribution in [0.3, 0.4) is 0 Å². The van der Waals surface area contributed by atoms with Gasteiger partial charge in [0.2, 0.25) is 0 Å². The Bertz CT molecular complexity index is 399. The number of aromatic carboxylic acids is 1. The minimum absolute atomic E-state index is 0.327. The van der Waals surface area contributed by atoms with Crippen LogP contribution in [0.1, 0.15) is 28.2 Å². The van der Waals surface area contributed by atoms with Gasteiger partial charge in [-0.2, -0.15) is 0 Å². The number of carboxylic acid groups (broad SMARTS) is 1. The second-order valence-corrected chi connectivity index (χ2v) is 5.21. The lowest BCUT2D eigenvalue weighted by Gasteiger charge is -2.14. The van der Waals surface area contributed by atoms with E-state index in [0.717, 1.165) is 13.1 Å². The molecule has 2 N–H and O–H groups in total. The molecule has 0 atom stereocenters. The van der Waals surface area contributed by atoms with Crippen molar-refractivity contribution in [1.82, 2.24) is 9.88 Å². The lowest BCUT2D eigenvalue weighted by atomic mass is 10.4. The first-order valence-electron chi connectivity index (χ1n) is 5.84. The third-order valence-electron chi connectivity index (χ3n) is 2.89. The molecule has 0 radical (unpaired) electrons. The Morgan fingerprint density at radius 1 is 1.53 bits per heavy atom. The average Bonchev–Trinajstić information content (AvgIpc) is 2.88. The second-order valence-electron chi connectivity index (χ2n) is 4.21. The zero-order chi connectivity index (χ0) is 12.3. The van der Waals surface area contributed by atoms with E-state index in [1.165, 1.54) is 37.3 Å². The number of carboxylic acids is 1. The van der Waals surface area contributed by atoms with Crippen LogP contribution in [0.15, 0.2) is 0 Å². The minimum atomic E-state index is -0.896. The van der Waals surface area contributed by atoms with Crippen LogP contribution in [-0.4, -0.2) is 47.1 Å². The highest BCUT2D eigenvalue weighted by molar-refractivity contribution is 7.17. The molecule has 17 heavy (non-hydrogen) atoms. The van der Waals surface area contributed by atoms with Crippen LogP contribution < -0.4 is 5.32 Å². The van der Waals surface area contributed by atoms with Gasteiger partial charge in [0.15, 0.2) is 5.13 Å². The fourth-order valence-electron chi connectivity index (χ4n) is 2.00. The third-order valence-corrected chi connectivity index (χ3v) is 4.00. The number of rotatable bonds is 5.